The molecule has 1 aliphatic heterocycles. The predicted molar refractivity (Wildman–Crippen MR) is 117 cm³/mol. The van der Waals surface area contributed by atoms with E-state index in [-0.39, 0.29) is 11.1 Å². The Labute approximate surface area is 177 Å². The van der Waals surface area contributed by atoms with Gasteiger partial charge in [0, 0.05) is 41.8 Å². The van der Waals surface area contributed by atoms with Gasteiger partial charge in [0.2, 0.25) is 0 Å². The number of halogens is 1. The van der Waals surface area contributed by atoms with Crippen LogP contribution in [0.3, 0.4) is 0 Å². The van der Waals surface area contributed by atoms with E-state index >= 15 is 0 Å². The first-order valence-electron chi connectivity index (χ1n) is 9.03. The number of nitrogens with zero attached hydrogens (tertiary/aromatic N) is 2. The lowest BCUT2D eigenvalue weighted by molar-refractivity contribution is -0.122. The number of amides is 2. The van der Waals surface area contributed by atoms with E-state index in [0.29, 0.717) is 24.5 Å². The number of aryl methyl sites for hydroxylation is 2. The number of ether oxygens (including phenoxy) is 1. The van der Waals surface area contributed by atoms with Crippen LogP contribution < -0.4 is 0 Å². The number of thioether (sulfide) groups is 1. The maximum absolute atomic E-state index is 12.6. The molecule has 1 aromatic carbocycles. The van der Waals surface area contributed by atoms with Crippen LogP contribution in [-0.2, 0) is 9.53 Å². The quantitative estimate of drug-likeness (QED) is 0.435. The van der Waals surface area contributed by atoms with Crippen molar-refractivity contribution in [3.8, 4) is 5.69 Å². The highest BCUT2D eigenvalue weighted by Crippen LogP contribution is 2.34. The number of aromatic nitrogens is 1. The summed E-state index contributed by atoms with van der Waals surface area (Å²) in [6.07, 6.45) is 2.46. The maximum atomic E-state index is 12.6. The number of rotatable bonds is 6. The van der Waals surface area contributed by atoms with Crippen molar-refractivity contribution in [3.63, 3.8) is 0 Å². The second kappa shape index (κ2) is 8.68. The van der Waals surface area contributed by atoms with Gasteiger partial charge in [-0.3, -0.25) is 14.5 Å². The lowest BCUT2D eigenvalue weighted by Crippen LogP contribution is -2.29. The van der Waals surface area contributed by atoms with Gasteiger partial charge in [-0.25, -0.2) is 0 Å². The molecule has 0 bridgehead atoms. The smallest absolute Gasteiger partial charge is 0.293 e. The number of carbonyl (C=O) groups excluding carboxylic acids is 2. The first-order valence-corrected chi connectivity index (χ1v) is 10.6. The normalized spacial score (nSPS) is 15.9. The van der Waals surface area contributed by atoms with Crippen LogP contribution >= 0.6 is 27.7 Å². The first-order chi connectivity index (χ1) is 13.3. The zero-order chi connectivity index (χ0) is 20.4. The van der Waals surface area contributed by atoms with E-state index in [9.17, 15) is 9.59 Å². The fourth-order valence-electron chi connectivity index (χ4n) is 3.30. The summed E-state index contributed by atoms with van der Waals surface area (Å²) in [6.45, 7) is 7.03. The fraction of sp³-hybridized carbons (Fsp3) is 0.333. The van der Waals surface area contributed by atoms with Crippen molar-refractivity contribution in [2.45, 2.75) is 27.2 Å². The van der Waals surface area contributed by atoms with E-state index in [1.165, 1.54) is 4.90 Å². The van der Waals surface area contributed by atoms with Gasteiger partial charge in [-0.1, -0.05) is 15.9 Å². The third kappa shape index (κ3) is 4.11. The second-order valence-corrected chi connectivity index (χ2v) is 8.62. The molecule has 3 rings (SSSR count). The summed E-state index contributed by atoms with van der Waals surface area (Å²) < 4.78 is 8.24. The molecule has 148 valence electrons. The molecule has 0 saturated carbocycles. The summed E-state index contributed by atoms with van der Waals surface area (Å²) in [4.78, 5) is 26.6. The molecular weight excluding hydrogens is 440 g/mol. The lowest BCUT2D eigenvalue weighted by Gasteiger charge is -2.12. The Hall–Kier alpha value is -1.83. The highest BCUT2D eigenvalue weighted by atomic mass is 79.9. The minimum atomic E-state index is -0.226. The molecule has 1 aliphatic rings. The molecule has 0 aliphatic carbocycles. The van der Waals surface area contributed by atoms with Crippen molar-refractivity contribution < 1.29 is 14.3 Å². The van der Waals surface area contributed by atoms with Crippen LogP contribution in [0.1, 0.15) is 28.9 Å². The fourth-order valence-corrected chi connectivity index (χ4v) is 4.40. The minimum Gasteiger partial charge on any atom is -0.385 e. The topological polar surface area (TPSA) is 51.5 Å². The third-order valence-corrected chi connectivity index (χ3v) is 6.56. The van der Waals surface area contributed by atoms with Crippen LogP contribution in [-0.4, -0.2) is 40.9 Å². The van der Waals surface area contributed by atoms with E-state index in [4.69, 9.17) is 4.74 Å². The van der Waals surface area contributed by atoms with Gasteiger partial charge in [-0.2, -0.15) is 0 Å². The molecule has 1 aromatic heterocycles. The van der Waals surface area contributed by atoms with Crippen LogP contribution in [0, 0.1) is 20.8 Å². The van der Waals surface area contributed by atoms with E-state index in [1.807, 2.05) is 32.1 Å². The van der Waals surface area contributed by atoms with Crippen molar-refractivity contribution in [1.29, 1.82) is 0 Å². The van der Waals surface area contributed by atoms with Crippen molar-refractivity contribution in [3.05, 3.63) is 56.2 Å². The average molecular weight is 463 g/mol. The van der Waals surface area contributed by atoms with Crippen LogP contribution in [0.2, 0.25) is 0 Å². The molecule has 0 N–H and O–H groups in total. The molecule has 0 atom stereocenters. The van der Waals surface area contributed by atoms with Crippen molar-refractivity contribution in [2.24, 2.45) is 0 Å². The summed E-state index contributed by atoms with van der Waals surface area (Å²) in [6, 6.07) is 8.27. The molecule has 5 nitrogen and oxygen atoms in total. The zero-order valence-electron chi connectivity index (χ0n) is 16.4. The molecule has 2 heterocycles. The molecule has 2 aromatic rings. The number of hydrogen-bond acceptors (Lipinski definition) is 4. The van der Waals surface area contributed by atoms with Gasteiger partial charge in [-0.15, -0.1) is 0 Å². The van der Waals surface area contributed by atoms with Crippen LogP contribution in [0.25, 0.3) is 11.8 Å². The Morgan fingerprint density at radius 1 is 1.18 bits per heavy atom. The predicted octanol–water partition coefficient (Wildman–Crippen LogP) is 5.24. The Bertz CT molecular complexity index is 965. The molecular formula is C21H23BrN2O3S. The SMILES string of the molecule is COCCCN1C(=O)S/C(=C/c2cc(C)n(-c3ccc(Br)c(C)c3)c2C)C1=O. The number of imide groups is 1. The maximum Gasteiger partial charge on any atom is 0.293 e. The number of benzene rings is 1. The van der Waals surface area contributed by atoms with E-state index < -0.39 is 0 Å². The molecule has 2 amide bonds. The summed E-state index contributed by atoms with van der Waals surface area (Å²) in [5.41, 5.74) is 5.28. The molecule has 7 heteroatoms. The monoisotopic (exact) mass is 462 g/mol. The molecule has 0 unspecified atom stereocenters. The highest BCUT2D eigenvalue weighted by molar-refractivity contribution is 9.10. The third-order valence-electron chi connectivity index (χ3n) is 4.76. The van der Waals surface area contributed by atoms with Crippen LogP contribution in [0.5, 0.6) is 0 Å². The molecule has 0 radical (unpaired) electrons. The Morgan fingerprint density at radius 3 is 2.61 bits per heavy atom. The Kier molecular flexibility index (Phi) is 6.47. The number of methoxy groups -OCH3 is 1. The highest BCUT2D eigenvalue weighted by Gasteiger charge is 2.34. The summed E-state index contributed by atoms with van der Waals surface area (Å²) >= 11 is 4.54. The van der Waals surface area contributed by atoms with Crippen LogP contribution in [0.4, 0.5) is 4.79 Å². The minimum absolute atomic E-state index is 0.218. The van der Waals surface area contributed by atoms with Gasteiger partial charge in [0.1, 0.15) is 0 Å². The second-order valence-electron chi connectivity index (χ2n) is 6.78. The molecule has 28 heavy (non-hydrogen) atoms. The molecule has 1 fully saturated rings. The lowest BCUT2D eigenvalue weighted by atomic mass is 10.2. The van der Waals surface area contributed by atoms with Crippen molar-refractivity contribution >= 4 is 44.9 Å². The van der Waals surface area contributed by atoms with Crippen molar-refractivity contribution in [1.82, 2.24) is 9.47 Å². The van der Waals surface area contributed by atoms with Gasteiger partial charge >= 0.3 is 0 Å². The number of hydrogen-bond donors (Lipinski definition) is 0. The summed E-state index contributed by atoms with van der Waals surface area (Å²) in [7, 11) is 1.61. The van der Waals surface area contributed by atoms with Crippen molar-refractivity contribution in [2.75, 3.05) is 20.3 Å². The summed E-state index contributed by atoms with van der Waals surface area (Å²) in [5, 5.41) is -0.218. The van der Waals surface area contributed by atoms with Gasteiger partial charge in [0.15, 0.2) is 0 Å². The summed E-state index contributed by atoms with van der Waals surface area (Å²) in [5.74, 6) is -0.226. The van der Waals surface area contributed by atoms with Gasteiger partial charge in [-0.05, 0) is 80.4 Å². The van der Waals surface area contributed by atoms with E-state index in [0.717, 1.165) is 44.4 Å². The van der Waals surface area contributed by atoms with Gasteiger partial charge in [0.05, 0.1) is 4.91 Å². The van der Waals surface area contributed by atoms with Crippen LogP contribution in [0.15, 0.2) is 33.6 Å². The average Bonchev–Trinajstić information content (AvgIpc) is 3.07. The van der Waals surface area contributed by atoms with Gasteiger partial charge in [0.25, 0.3) is 11.1 Å². The van der Waals surface area contributed by atoms with Gasteiger partial charge < -0.3 is 9.30 Å². The van der Waals surface area contributed by atoms with E-state index in [2.05, 4.69) is 39.6 Å². The largest absolute Gasteiger partial charge is 0.385 e. The number of carbonyl (C=O) groups is 2. The first kappa shape index (κ1) is 20.9. The Morgan fingerprint density at radius 2 is 1.93 bits per heavy atom. The Balaban J connectivity index is 1.90. The zero-order valence-corrected chi connectivity index (χ0v) is 18.8. The molecule has 1 saturated heterocycles. The standard InChI is InChI=1S/C21H23BrN2O3S/c1-13-10-17(6-7-18(13)22)24-14(2)11-16(15(24)3)12-19-20(25)23(21(26)28-19)8-5-9-27-4/h6-7,10-12H,5,8-9H2,1-4H3/b19-12+. The van der Waals surface area contributed by atoms with E-state index in [1.54, 1.807) is 7.11 Å². The molecule has 0 spiro atoms.